The predicted molar refractivity (Wildman–Crippen MR) is 135 cm³/mol. The summed E-state index contributed by atoms with van der Waals surface area (Å²) in [6, 6.07) is 8.88. The molecule has 37 heavy (non-hydrogen) atoms. The van der Waals surface area contributed by atoms with E-state index in [-0.39, 0.29) is 23.3 Å². The van der Waals surface area contributed by atoms with Gasteiger partial charge in [0.25, 0.3) is 5.91 Å². The Morgan fingerprint density at radius 3 is 2.46 bits per heavy atom. The molecule has 1 aromatic heterocycles. The third-order valence-corrected chi connectivity index (χ3v) is 7.63. The lowest BCUT2D eigenvalue weighted by Gasteiger charge is -2.33. The Kier molecular flexibility index (Phi) is 7.46. The van der Waals surface area contributed by atoms with E-state index in [9.17, 15) is 23.5 Å². The molecule has 2 aliphatic heterocycles. The molecule has 5 rings (SSSR count). The van der Waals surface area contributed by atoms with Crippen molar-refractivity contribution in [1.82, 2.24) is 14.4 Å². The maximum Gasteiger partial charge on any atom is 0.323 e. The van der Waals surface area contributed by atoms with E-state index in [2.05, 4.69) is 4.90 Å². The summed E-state index contributed by atoms with van der Waals surface area (Å²) in [5, 5.41) is 10.6. The van der Waals surface area contributed by atoms with Crippen LogP contribution in [0, 0.1) is 11.6 Å². The summed E-state index contributed by atoms with van der Waals surface area (Å²) in [7, 11) is 0. The minimum absolute atomic E-state index is 0.0230. The first kappa shape index (κ1) is 25.6. The Morgan fingerprint density at radius 2 is 1.78 bits per heavy atom. The van der Waals surface area contributed by atoms with Gasteiger partial charge in [-0.15, -0.1) is 0 Å². The lowest BCUT2D eigenvalue weighted by Crippen LogP contribution is -2.42. The number of aromatic nitrogens is 1. The summed E-state index contributed by atoms with van der Waals surface area (Å²) in [5.74, 6) is -2.17. The van der Waals surface area contributed by atoms with Gasteiger partial charge in [0.05, 0.1) is 13.2 Å². The number of carboxylic acid groups (broad SMARTS) is 1. The van der Waals surface area contributed by atoms with Gasteiger partial charge in [-0.3, -0.25) is 14.5 Å². The van der Waals surface area contributed by atoms with Gasteiger partial charge in [0.2, 0.25) is 0 Å². The zero-order chi connectivity index (χ0) is 26.1. The quantitative estimate of drug-likeness (QED) is 0.506. The second-order valence-electron chi connectivity index (χ2n) is 9.56. The number of carbonyl (C=O) groups excluding carboxylic acids is 1. The summed E-state index contributed by atoms with van der Waals surface area (Å²) < 4.78 is 35.7. The van der Waals surface area contributed by atoms with Gasteiger partial charge in [0.15, 0.2) is 0 Å². The first-order valence-electron chi connectivity index (χ1n) is 12.4. The van der Waals surface area contributed by atoms with Crippen LogP contribution in [0.4, 0.5) is 8.78 Å². The van der Waals surface area contributed by atoms with Crippen LogP contribution in [0.5, 0.6) is 0 Å². The molecule has 3 heterocycles. The van der Waals surface area contributed by atoms with Crippen LogP contribution in [-0.2, 0) is 22.6 Å². The fourth-order valence-corrected chi connectivity index (χ4v) is 5.84. The van der Waals surface area contributed by atoms with Crippen molar-refractivity contribution in [2.75, 3.05) is 39.4 Å². The molecule has 7 nitrogen and oxygen atoms in total. The van der Waals surface area contributed by atoms with E-state index < -0.39 is 18.3 Å². The Hall–Kier alpha value is -3.01. The van der Waals surface area contributed by atoms with Crippen molar-refractivity contribution in [1.29, 1.82) is 0 Å². The smallest absolute Gasteiger partial charge is 0.323 e. The molecule has 2 saturated heterocycles. The summed E-state index contributed by atoms with van der Waals surface area (Å²) in [5.41, 5.74) is 1.91. The van der Waals surface area contributed by atoms with Crippen LogP contribution >= 0.6 is 11.6 Å². The highest BCUT2D eigenvalue weighted by Crippen LogP contribution is 2.36. The van der Waals surface area contributed by atoms with Gasteiger partial charge in [-0.1, -0.05) is 17.7 Å². The highest BCUT2D eigenvalue weighted by Gasteiger charge is 2.31. The van der Waals surface area contributed by atoms with Crippen molar-refractivity contribution in [3.63, 3.8) is 0 Å². The predicted octanol–water partition coefficient (Wildman–Crippen LogP) is 4.51. The molecular weight excluding hydrogens is 504 g/mol. The number of carboxylic acids is 1. The summed E-state index contributed by atoms with van der Waals surface area (Å²) in [6.07, 6.45) is 1.35. The highest BCUT2D eigenvalue weighted by atomic mass is 35.5. The molecule has 2 aliphatic rings. The molecule has 0 radical (unpaired) electrons. The van der Waals surface area contributed by atoms with Crippen LogP contribution in [0.25, 0.3) is 10.9 Å². The maximum absolute atomic E-state index is 14.5. The number of halogens is 3. The van der Waals surface area contributed by atoms with Crippen molar-refractivity contribution in [2.24, 2.45) is 0 Å². The Labute approximate surface area is 218 Å². The van der Waals surface area contributed by atoms with E-state index in [1.165, 1.54) is 28.8 Å². The van der Waals surface area contributed by atoms with E-state index in [1.807, 2.05) is 0 Å². The van der Waals surface area contributed by atoms with Crippen LogP contribution in [0.2, 0.25) is 5.02 Å². The van der Waals surface area contributed by atoms with Crippen LogP contribution < -0.4 is 0 Å². The molecule has 0 unspecified atom stereocenters. The fraction of sp³-hybridized carbons (Fsp3) is 0.407. The highest BCUT2D eigenvalue weighted by molar-refractivity contribution is 6.31. The van der Waals surface area contributed by atoms with Crippen LogP contribution in [0.15, 0.2) is 36.4 Å². The van der Waals surface area contributed by atoms with Gasteiger partial charge in [0, 0.05) is 46.7 Å². The van der Waals surface area contributed by atoms with Crippen LogP contribution in [0.3, 0.4) is 0 Å². The number of likely N-dealkylation sites (tertiary alicyclic amines) is 1. The number of aliphatic carboxylic acids is 1. The van der Waals surface area contributed by atoms with Crippen LogP contribution in [0.1, 0.15) is 40.4 Å². The topological polar surface area (TPSA) is 75.0 Å². The molecule has 0 atom stereocenters. The van der Waals surface area contributed by atoms with Crippen molar-refractivity contribution in [3.8, 4) is 0 Å². The van der Waals surface area contributed by atoms with Crippen molar-refractivity contribution in [3.05, 3.63) is 69.9 Å². The van der Waals surface area contributed by atoms with Crippen molar-refractivity contribution >= 4 is 34.4 Å². The minimum atomic E-state index is -1.09. The standard InChI is InChI=1S/C27H28ClF2N3O4/c28-21-2-1-3-22(30)25(21)17-6-8-31(9-7-17)15-20-19-14-18(29)4-5-23(19)33(16-24(34)35)26(20)27(36)32-10-12-37-13-11-32/h1-5,14,17H,6-13,15-16H2,(H,34,35). The molecule has 10 heteroatoms. The molecule has 1 amide bonds. The number of benzene rings is 2. The minimum Gasteiger partial charge on any atom is -0.480 e. The van der Waals surface area contributed by atoms with E-state index in [4.69, 9.17) is 16.3 Å². The monoisotopic (exact) mass is 531 g/mol. The average molecular weight is 532 g/mol. The SMILES string of the molecule is O=C(O)Cn1c(C(=O)N2CCOCC2)c(CN2CCC(c3c(F)cccc3Cl)CC2)c2cc(F)ccc21. The molecule has 0 saturated carbocycles. The number of fused-ring (bicyclic) bond motifs is 1. The zero-order valence-corrected chi connectivity index (χ0v) is 21.0. The third kappa shape index (κ3) is 5.21. The Morgan fingerprint density at radius 1 is 1.05 bits per heavy atom. The molecular formula is C27H28ClF2N3O4. The number of hydrogen-bond donors (Lipinski definition) is 1. The molecule has 2 fully saturated rings. The van der Waals surface area contributed by atoms with E-state index in [0.29, 0.717) is 85.8 Å². The molecule has 2 aromatic carbocycles. The van der Waals surface area contributed by atoms with Gasteiger partial charge < -0.3 is 19.3 Å². The van der Waals surface area contributed by atoms with Crippen LogP contribution in [-0.4, -0.2) is 70.7 Å². The Bertz CT molecular complexity index is 1310. The number of ether oxygens (including phenoxy) is 1. The Balaban J connectivity index is 1.48. The number of piperidine rings is 1. The molecule has 196 valence electrons. The van der Waals surface area contributed by atoms with Gasteiger partial charge >= 0.3 is 5.97 Å². The zero-order valence-electron chi connectivity index (χ0n) is 20.3. The van der Waals surface area contributed by atoms with E-state index >= 15 is 0 Å². The summed E-state index contributed by atoms with van der Waals surface area (Å²) >= 11 is 6.29. The summed E-state index contributed by atoms with van der Waals surface area (Å²) in [6.45, 7) is 2.79. The van der Waals surface area contributed by atoms with Crippen molar-refractivity contribution < 1.29 is 28.2 Å². The van der Waals surface area contributed by atoms with Crippen molar-refractivity contribution in [2.45, 2.75) is 31.8 Å². The number of carbonyl (C=O) groups is 2. The number of morpholine rings is 1. The van der Waals surface area contributed by atoms with Gasteiger partial charge in [-0.05, 0) is 62.2 Å². The number of rotatable bonds is 6. The molecule has 1 N–H and O–H groups in total. The first-order chi connectivity index (χ1) is 17.8. The largest absolute Gasteiger partial charge is 0.480 e. The maximum atomic E-state index is 14.5. The second kappa shape index (κ2) is 10.8. The molecule has 0 spiro atoms. The molecule has 3 aromatic rings. The molecule has 0 bridgehead atoms. The third-order valence-electron chi connectivity index (χ3n) is 7.30. The van der Waals surface area contributed by atoms with Gasteiger partial charge in [-0.25, -0.2) is 8.78 Å². The molecule has 0 aliphatic carbocycles. The number of amides is 1. The second-order valence-corrected chi connectivity index (χ2v) is 9.97. The van der Waals surface area contributed by atoms with Gasteiger partial charge in [0.1, 0.15) is 23.9 Å². The van der Waals surface area contributed by atoms with E-state index in [0.717, 1.165) is 0 Å². The summed E-state index contributed by atoms with van der Waals surface area (Å²) in [4.78, 5) is 29.3. The fourth-order valence-electron chi connectivity index (χ4n) is 5.52. The normalized spacial score (nSPS) is 17.4. The number of hydrogen-bond acceptors (Lipinski definition) is 4. The van der Waals surface area contributed by atoms with Gasteiger partial charge in [-0.2, -0.15) is 0 Å². The first-order valence-corrected chi connectivity index (χ1v) is 12.8. The lowest BCUT2D eigenvalue weighted by molar-refractivity contribution is -0.137. The number of nitrogens with zero attached hydrogens (tertiary/aromatic N) is 3. The average Bonchev–Trinajstić information content (AvgIpc) is 3.16. The lowest BCUT2D eigenvalue weighted by atomic mass is 9.88. The van der Waals surface area contributed by atoms with E-state index in [1.54, 1.807) is 17.0 Å².